The van der Waals surface area contributed by atoms with Gasteiger partial charge in [-0.15, -0.1) is 0 Å². The first-order valence-corrected chi connectivity index (χ1v) is 44.3. The topological polar surface area (TPSA) is 621 Å². The van der Waals surface area contributed by atoms with Gasteiger partial charge in [0.25, 0.3) is 0 Å². The number of aliphatic hydroxyl groups excluding tert-OH is 20. The van der Waals surface area contributed by atoms with E-state index in [-0.39, 0.29) is 12.3 Å². The summed E-state index contributed by atoms with van der Waals surface area (Å²) in [7, 11) is 0. The van der Waals surface area contributed by atoms with Gasteiger partial charge in [0.2, 0.25) is 17.7 Å². The fourth-order valence-corrected chi connectivity index (χ4v) is 16.5. The van der Waals surface area contributed by atoms with E-state index in [9.17, 15) is 117 Å². The van der Waals surface area contributed by atoms with Crippen LogP contribution in [0.1, 0.15) is 214 Å². The molecule has 0 bridgehead atoms. The van der Waals surface area contributed by atoms with Crippen LogP contribution in [0.25, 0.3) is 0 Å². The van der Waals surface area contributed by atoms with Crippen molar-refractivity contribution in [1.82, 2.24) is 16.0 Å². The fourth-order valence-electron chi connectivity index (χ4n) is 16.5. The number of amides is 3. The predicted octanol–water partition coefficient (Wildman–Crippen LogP) is -3.57. The average Bonchev–Trinajstić information content (AvgIpc) is 0.766. The summed E-state index contributed by atoms with van der Waals surface area (Å²) in [5, 5.41) is 233. The van der Waals surface area contributed by atoms with Crippen LogP contribution in [0.15, 0.2) is 12.2 Å². The van der Waals surface area contributed by atoms with Gasteiger partial charge in [0.15, 0.2) is 44.0 Å². The minimum absolute atomic E-state index is 0.152. The second-order valence-corrected chi connectivity index (χ2v) is 33.4. The molecule has 3 amide bonds. The Morgan fingerprint density at radius 2 is 0.664 bits per heavy atom. The summed E-state index contributed by atoms with van der Waals surface area (Å²) in [6.45, 7) is 0.865. The van der Waals surface area contributed by atoms with Gasteiger partial charge in [-0.25, -0.2) is 0 Å². The molecule has 37 atom stereocenters. The molecule has 0 saturated carbocycles. The van der Waals surface area contributed by atoms with Crippen LogP contribution in [0.5, 0.6) is 0 Å². The van der Waals surface area contributed by atoms with Crippen molar-refractivity contribution in [2.75, 3.05) is 46.2 Å². The second-order valence-electron chi connectivity index (χ2n) is 33.4. The van der Waals surface area contributed by atoms with Gasteiger partial charge in [-0.05, 0) is 26.2 Å². The highest BCUT2D eigenvalue weighted by molar-refractivity contribution is 5.76. The van der Waals surface area contributed by atoms with E-state index in [0.29, 0.717) is 12.8 Å². The van der Waals surface area contributed by atoms with Crippen molar-refractivity contribution in [3.05, 3.63) is 12.2 Å². The Hall–Kier alpha value is -3.21. The summed E-state index contributed by atoms with van der Waals surface area (Å²) in [4.78, 5) is 40.1. The van der Waals surface area contributed by atoms with Gasteiger partial charge in [0.1, 0.15) is 165 Å². The minimum Gasteiger partial charge on any atom is -0.394 e. The maximum Gasteiger partial charge on any atom is 0.220 e. The first kappa shape index (κ1) is 106. The molecule has 40 heteroatoms. The number of aliphatic hydroxyl groups is 20. The molecule has 7 aliphatic rings. The highest BCUT2D eigenvalue weighted by Gasteiger charge is 2.60. The summed E-state index contributed by atoms with van der Waals surface area (Å²) in [6, 6.07) is -4.88. The Morgan fingerprint density at radius 3 is 1.11 bits per heavy atom. The van der Waals surface area contributed by atoms with E-state index in [4.69, 9.17) is 66.3 Å². The molecule has 7 heterocycles. The van der Waals surface area contributed by atoms with Crippen LogP contribution in [-0.4, -0.2) is 393 Å². The third-order valence-electron chi connectivity index (χ3n) is 23.8. The Morgan fingerprint density at radius 1 is 0.336 bits per heavy atom. The van der Waals surface area contributed by atoms with Gasteiger partial charge in [-0.2, -0.15) is 0 Å². The Balaban J connectivity index is 1.07. The van der Waals surface area contributed by atoms with Crippen molar-refractivity contribution >= 4 is 17.7 Å². The van der Waals surface area contributed by atoms with E-state index in [1.165, 1.54) is 116 Å². The van der Waals surface area contributed by atoms with Gasteiger partial charge < -0.3 is 184 Å². The van der Waals surface area contributed by atoms with Crippen molar-refractivity contribution in [2.24, 2.45) is 0 Å². The molecule has 0 aromatic carbocycles. The number of carbonyl (C=O) groups is 3. The lowest BCUT2D eigenvalue weighted by Gasteiger charge is -2.52. The summed E-state index contributed by atoms with van der Waals surface area (Å²) < 4.78 is 84.5. The van der Waals surface area contributed by atoms with Crippen LogP contribution in [0.3, 0.4) is 0 Å². The van der Waals surface area contributed by atoms with Gasteiger partial charge in [0, 0.05) is 20.3 Å². The van der Waals surface area contributed by atoms with Crippen LogP contribution >= 0.6 is 0 Å². The van der Waals surface area contributed by atoms with Crippen LogP contribution in [0.4, 0.5) is 0 Å². The molecule has 23 N–H and O–H groups in total. The maximum absolute atomic E-state index is 13.6. The van der Waals surface area contributed by atoms with Gasteiger partial charge in [0.05, 0.1) is 64.5 Å². The molecular weight excluding hydrogens is 1620 g/mol. The van der Waals surface area contributed by atoms with Crippen molar-refractivity contribution < 1.29 is 183 Å². The molecule has 14 unspecified atom stereocenters. The van der Waals surface area contributed by atoms with Gasteiger partial charge in [-0.3, -0.25) is 14.4 Å². The number of ether oxygens (including phenoxy) is 14. The minimum atomic E-state index is -2.37. The molecule has 40 nitrogen and oxygen atoms in total. The zero-order valence-electron chi connectivity index (χ0n) is 71.1. The van der Waals surface area contributed by atoms with Crippen LogP contribution in [0.2, 0.25) is 0 Å². The summed E-state index contributed by atoms with van der Waals surface area (Å²) in [5.41, 5.74) is 0. The predicted molar refractivity (Wildman–Crippen MR) is 425 cm³/mol. The molecule has 0 aliphatic carbocycles. The largest absolute Gasteiger partial charge is 0.394 e. The Kier molecular flexibility index (Phi) is 47.8. The summed E-state index contributed by atoms with van der Waals surface area (Å²) in [6.07, 6.45) is -32.7. The SMILES string of the molecule is CCCCCCCCCCCCC/C=C/[C@@H](O)[C@H](CO[C@@H]1OC(CO)[C@@H](O[C@@H]2OC(CO)[C@H](O)[C@H](O[C@@H]3OC(CO)[C@@H](O[C@@H]4OC(CO)[C@H](O)[C@H](O[C@@H]5OC(CO)[C@@H](O)[C@H](O[C@@H]6OC(CO)[C@H](O)[C@H](O)C6O)C5NC(C)=O)C4O)[C@H](O[C@H]4OC(C)[C@@H](O)C(O)[C@@H]4O)C3NC(C)=O)C2O)[C@H](O)C1O)NC(=O)CCCCCCCCCCCCCCCCC. The van der Waals surface area contributed by atoms with E-state index in [0.717, 1.165) is 65.2 Å². The number of hydrogen-bond donors (Lipinski definition) is 23. The lowest BCUT2D eigenvalue weighted by Crippen LogP contribution is -2.72. The fraction of sp³-hybridized carbons (Fsp3) is 0.939. The standard InChI is InChI=1S/C82H147N3O37/c1-6-8-10-12-14-16-18-20-21-23-25-27-29-31-33-35-54(95)85-46(47(94)34-32-30-28-26-24-22-19-17-15-13-11-9-7-2)42-109-78-67(106)64(103)70(52(40-90)116-78)117-81-68(107)74(60(99)50(38-88)113-81)122-77-56(84-45(5)93)73(120-79-65(104)62(101)57(96)43(3)110-79)71(53(41-91)115-77)118-82-69(108)75(61(100)51(39-89)114-82)121-76-55(83-44(4)92)72(59(98)49(37-87)111-76)119-80-66(105)63(102)58(97)48(36-86)112-80/h32,34,43,46-53,55-82,86-91,94,96-108H,6-31,33,35-42H2,1-5H3,(H,83,92)(H,84,93)(H,85,95)/b34-32+/t43?,46-,47+,48?,49?,50?,51?,52?,53?,55?,56?,57+,58-,59+,60-,61-,62?,63-,64+,65-,66?,67?,68?,69?,70+,71+,72+,73+,74-,75-,76-,77-,78+,79+,80-,81-,82-/m0/s1. The van der Waals surface area contributed by atoms with Crippen molar-refractivity contribution in [3.63, 3.8) is 0 Å². The van der Waals surface area contributed by atoms with E-state index in [2.05, 4.69) is 29.8 Å². The number of unbranched alkanes of at least 4 members (excludes halogenated alkanes) is 25. The Labute approximate surface area is 713 Å². The van der Waals surface area contributed by atoms with Gasteiger partial charge >= 0.3 is 0 Å². The molecule has 0 aromatic rings. The molecule has 7 saturated heterocycles. The highest BCUT2D eigenvalue weighted by Crippen LogP contribution is 2.40. The normalized spacial score (nSPS) is 38.9. The average molecular weight is 1770 g/mol. The van der Waals surface area contributed by atoms with E-state index < -0.39 is 285 Å². The highest BCUT2D eigenvalue weighted by atomic mass is 16.8. The molecular formula is C82H147N3O37. The molecule has 0 radical (unpaired) electrons. The van der Waals surface area contributed by atoms with Crippen LogP contribution in [-0.2, 0) is 80.7 Å². The van der Waals surface area contributed by atoms with Crippen LogP contribution in [0, 0.1) is 0 Å². The smallest absolute Gasteiger partial charge is 0.220 e. The molecule has 712 valence electrons. The van der Waals surface area contributed by atoms with Crippen LogP contribution < -0.4 is 16.0 Å². The van der Waals surface area contributed by atoms with Crippen molar-refractivity contribution in [2.45, 2.75) is 441 Å². The Bertz CT molecular complexity index is 2910. The van der Waals surface area contributed by atoms with E-state index >= 15 is 0 Å². The number of allylic oxidation sites excluding steroid dienone is 1. The number of nitrogens with one attached hydrogen (secondary N) is 3. The number of rotatable bonds is 54. The maximum atomic E-state index is 13.6. The number of carbonyl (C=O) groups excluding carboxylic acids is 3. The number of hydrogen-bond acceptors (Lipinski definition) is 37. The first-order valence-electron chi connectivity index (χ1n) is 44.3. The molecule has 7 rings (SSSR count). The first-order chi connectivity index (χ1) is 58.5. The monoisotopic (exact) mass is 1770 g/mol. The molecule has 0 spiro atoms. The lowest BCUT2D eigenvalue weighted by molar-refractivity contribution is -0.397. The molecule has 122 heavy (non-hydrogen) atoms. The van der Waals surface area contributed by atoms with E-state index in [1.807, 2.05) is 6.08 Å². The third-order valence-corrected chi connectivity index (χ3v) is 23.8. The lowest BCUT2D eigenvalue weighted by atomic mass is 9.93. The quantitative estimate of drug-likeness (QED) is 0.0207. The zero-order valence-corrected chi connectivity index (χ0v) is 71.1. The van der Waals surface area contributed by atoms with Gasteiger partial charge in [-0.1, -0.05) is 180 Å². The third kappa shape index (κ3) is 30.7. The van der Waals surface area contributed by atoms with E-state index in [1.54, 1.807) is 6.08 Å². The summed E-state index contributed by atoms with van der Waals surface area (Å²) >= 11 is 0. The molecule has 7 aliphatic heterocycles. The zero-order chi connectivity index (χ0) is 89.3. The molecule has 0 aromatic heterocycles. The van der Waals surface area contributed by atoms with Crippen molar-refractivity contribution in [3.8, 4) is 0 Å². The van der Waals surface area contributed by atoms with Crippen molar-refractivity contribution in [1.29, 1.82) is 0 Å². The molecule has 7 fully saturated rings. The summed E-state index contributed by atoms with van der Waals surface area (Å²) in [5.74, 6) is -2.19. The second kappa shape index (κ2) is 55.1.